The zero-order valence-corrected chi connectivity index (χ0v) is 14.3. The fourth-order valence-electron chi connectivity index (χ4n) is 2.00. The molecule has 10 heteroatoms. The van der Waals surface area contributed by atoms with E-state index in [0.717, 1.165) is 11.3 Å². The predicted octanol–water partition coefficient (Wildman–Crippen LogP) is 1.46. The van der Waals surface area contributed by atoms with E-state index in [9.17, 15) is 18.0 Å². The first kappa shape index (κ1) is 21.5. The number of nitrogens with two attached hydrogens (primary N) is 1. The number of carbonyl (C=O) groups is 1. The minimum absolute atomic E-state index is 0.0194. The molecule has 0 aliphatic rings. The van der Waals surface area contributed by atoms with Gasteiger partial charge in [0.1, 0.15) is 5.82 Å². The summed E-state index contributed by atoms with van der Waals surface area (Å²) in [4.78, 5) is 26.1. The van der Waals surface area contributed by atoms with E-state index in [-0.39, 0.29) is 11.5 Å². The Labute approximate surface area is 147 Å². The number of H-pyrrole nitrogens is 1. The Kier molecular flexibility index (Phi) is 7.59. The maximum atomic E-state index is 12.0. The van der Waals surface area contributed by atoms with Crippen molar-refractivity contribution >= 4 is 22.7 Å². The molecule has 0 fully saturated rings. The Hall–Kier alpha value is -2.59. The minimum Gasteiger partial charge on any atom is -0.475 e. The van der Waals surface area contributed by atoms with Crippen LogP contribution in [0.5, 0.6) is 0 Å². The van der Waals surface area contributed by atoms with E-state index in [0.29, 0.717) is 18.5 Å². The van der Waals surface area contributed by atoms with Gasteiger partial charge in [-0.25, -0.2) is 4.79 Å². The molecule has 7 nitrogen and oxygen atoms in total. The number of nitrogens with one attached hydrogen (secondary N) is 2. The second-order valence-electron chi connectivity index (χ2n) is 5.63. The second kappa shape index (κ2) is 9.20. The lowest BCUT2D eigenvalue weighted by atomic mass is 10.2. The van der Waals surface area contributed by atoms with Crippen LogP contribution in [0.4, 0.5) is 19.0 Å². The number of aliphatic carboxylic acids is 1. The van der Waals surface area contributed by atoms with E-state index in [1.807, 2.05) is 38.4 Å². The number of fused-ring (bicyclic) bond motifs is 1. The molecular formula is C16H21F3N4O3. The van der Waals surface area contributed by atoms with Gasteiger partial charge in [-0.15, -0.1) is 0 Å². The number of benzene rings is 1. The van der Waals surface area contributed by atoms with Crippen molar-refractivity contribution in [2.75, 3.05) is 32.5 Å². The smallest absolute Gasteiger partial charge is 0.475 e. The van der Waals surface area contributed by atoms with Gasteiger partial charge in [-0.3, -0.25) is 4.79 Å². The van der Waals surface area contributed by atoms with E-state index in [2.05, 4.69) is 15.2 Å². The maximum Gasteiger partial charge on any atom is 0.490 e. The van der Waals surface area contributed by atoms with Gasteiger partial charge in [0.25, 0.3) is 0 Å². The number of para-hydroxylation sites is 1. The number of hydrogen-bond acceptors (Lipinski definition) is 5. The number of nitrogens with zero attached hydrogens (tertiary/aromatic N) is 1. The van der Waals surface area contributed by atoms with Crippen molar-refractivity contribution < 1.29 is 23.1 Å². The topological polar surface area (TPSA) is 111 Å². The average molecular weight is 374 g/mol. The highest BCUT2D eigenvalue weighted by Crippen LogP contribution is 2.13. The normalized spacial score (nSPS) is 12.4. The van der Waals surface area contributed by atoms with E-state index in [1.54, 1.807) is 6.07 Å². The summed E-state index contributed by atoms with van der Waals surface area (Å²) in [6.07, 6.45) is -5.08. The van der Waals surface area contributed by atoms with E-state index < -0.39 is 12.1 Å². The molecule has 0 saturated carbocycles. The Balaban J connectivity index is 0.000000412. The number of anilines is 1. The van der Waals surface area contributed by atoms with Gasteiger partial charge in [-0.2, -0.15) is 13.2 Å². The highest BCUT2D eigenvalue weighted by molar-refractivity contribution is 5.79. The number of pyridine rings is 1. The Morgan fingerprint density at radius 1 is 1.35 bits per heavy atom. The largest absolute Gasteiger partial charge is 0.490 e. The first-order valence-electron chi connectivity index (χ1n) is 7.58. The third-order valence-electron chi connectivity index (χ3n) is 3.51. The predicted molar refractivity (Wildman–Crippen MR) is 93.3 cm³/mol. The SMILES string of the molecule is CN(C)C(CN)CNc1cc(=O)c2ccccc2[nH]1.O=C(O)C(F)(F)F. The van der Waals surface area contributed by atoms with Crippen LogP contribution in [0.25, 0.3) is 10.9 Å². The number of hydrogen-bond donors (Lipinski definition) is 4. The molecule has 1 unspecified atom stereocenters. The van der Waals surface area contributed by atoms with E-state index >= 15 is 0 Å². The van der Waals surface area contributed by atoms with Crippen LogP contribution in [0.1, 0.15) is 0 Å². The summed E-state index contributed by atoms with van der Waals surface area (Å²) in [6.45, 7) is 1.26. The lowest BCUT2D eigenvalue weighted by molar-refractivity contribution is -0.192. The average Bonchev–Trinajstić information content (AvgIpc) is 2.55. The molecule has 144 valence electrons. The van der Waals surface area contributed by atoms with Crippen molar-refractivity contribution in [3.8, 4) is 0 Å². The number of alkyl halides is 3. The Bertz CT molecular complexity index is 790. The van der Waals surface area contributed by atoms with Crippen LogP contribution in [-0.4, -0.2) is 60.4 Å². The Morgan fingerprint density at radius 2 is 1.92 bits per heavy atom. The molecule has 0 spiro atoms. The van der Waals surface area contributed by atoms with Crippen molar-refractivity contribution in [1.29, 1.82) is 0 Å². The lowest BCUT2D eigenvalue weighted by Crippen LogP contribution is -2.40. The van der Waals surface area contributed by atoms with Crippen LogP contribution >= 0.6 is 0 Å². The van der Waals surface area contributed by atoms with Crippen LogP contribution in [0.3, 0.4) is 0 Å². The number of carboxylic acid groups (broad SMARTS) is 1. The van der Waals surface area contributed by atoms with Crippen LogP contribution < -0.4 is 16.5 Å². The molecule has 0 radical (unpaired) electrons. The number of halogens is 3. The molecule has 1 aromatic heterocycles. The first-order valence-corrected chi connectivity index (χ1v) is 7.58. The van der Waals surface area contributed by atoms with Crippen molar-refractivity contribution in [2.24, 2.45) is 5.73 Å². The highest BCUT2D eigenvalue weighted by Gasteiger charge is 2.38. The van der Waals surface area contributed by atoms with Crippen LogP contribution in [0.2, 0.25) is 0 Å². The first-order chi connectivity index (χ1) is 12.1. The fraction of sp³-hybridized carbons (Fsp3) is 0.375. The van der Waals surface area contributed by atoms with Crippen molar-refractivity contribution in [2.45, 2.75) is 12.2 Å². The van der Waals surface area contributed by atoms with Gasteiger partial charge in [-0.05, 0) is 26.2 Å². The molecule has 0 bridgehead atoms. The molecular weight excluding hydrogens is 353 g/mol. The monoisotopic (exact) mass is 374 g/mol. The summed E-state index contributed by atoms with van der Waals surface area (Å²) in [7, 11) is 3.98. The Morgan fingerprint density at radius 3 is 2.42 bits per heavy atom. The highest BCUT2D eigenvalue weighted by atomic mass is 19.4. The van der Waals surface area contributed by atoms with E-state index in [4.69, 9.17) is 15.6 Å². The maximum absolute atomic E-state index is 12.0. The van der Waals surface area contributed by atoms with Gasteiger partial charge in [0.05, 0.1) is 5.52 Å². The van der Waals surface area contributed by atoms with Gasteiger partial charge in [0, 0.05) is 30.6 Å². The summed E-state index contributed by atoms with van der Waals surface area (Å²) in [5.74, 6) is -2.03. The van der Waals surface area contributed by atoms with Crippen LogP contribution in [0, 0.1) is 0 Å². The molecule has 2 rings (SSSR count). The van der Waals surface area contributed by atoms with Crippen LogP contribution in [0.15, 0.2) is 35.1 Å². The fourth-order valence-corrected chi connectivity index (χ4v) is 2.00. The number of rotatable bonds is 5. The van der Waals surface area contributed by atoms with Gasteiger partial charge in [0.15, 0.2) is 5.43 Å². The van der Waals surface area contributed by atoms with Crippen molar-refractivity contribution in [3.05, 3.63) is 40.6 Å². The summed E-state index contributed by atoms with van der Waals surface area (Å²) in [5, 5.41) is 11.1. The number of likely N-dealkylation sites (N-methyl/N-ethyl adjacent to an activating group) is 1. The van der Waals surface area contributed by atoms with Gasteiger partial charge in [0.2, 0.25) is 0 Å². The third kappa shape index (κ3) is 6.37. The number of carboxylic acids is 1. The summed E-state index contributed by atoms with van der Waals surface area (Å²) in [6, 6.07) is 9.31. The van der Waals surface area contributed by atoms with Gasteiger partial charge >= 0.3 is 12.1 Å². The molecule has 0 aliphatic carbocycles. The quantitative estimate of drug-likeness (QED) is 0.631. The van der Waals surface area contributed by atoms with Gasteiger partial charge < -0.3 is 26.0 Å². The molecule has 5 N–H and O–H groups in total. The molecule has 0 aliphatic heterocycles. The molecule has 0 saturated heterocycles. The number of aromatic nitrogens is 1. The third-order valence-corrected chi connectivity index (χ3v) is 3.51. The molecule has 26 heavy (non-hydrogen) atoms. The van der Waals surface area contributed by atoms with Crippen molar-refractivity contribution in [1.82, 2.24) is 9.88 Å². The zero-order valence-electron chi connectivity index (χ0n) is 14.3. The summed E-state index contributed by atoms with van der Waals surface area (Å²) in [5.41, 5.74) is 6.56. The van der Waals surface area contributed by atoms with Crippen molar-refractivity contribution in [3.63, 3.8) is 0 Å². The second-order valence-corrected chi connectivity index (χ2v) is 5.63. The lowest BCUT2D eigenvalue weighted by Gasteiger charge is -2.23. The van der Waals surface area contributed by atoms with E-state index in [1.165, 1.54) is 0 Å². The summed E-state index contributed by atoms with van der Waals surface area (Å²) < 4.78 is 31.7. The van der Waals surface area contributed by atoms with Gasteiger partial charge in [-0.1, -0.05) is 12.1 Å². The standard InChI is InChI=1S/C14H20N4O.C2HF3O2/c1-18(2)10(8-15)9-16-14-7-13(19)11-5-3-4-6-12(11)17-14;3-2(4,5)1(6)7/h3-7,10H,8-9,15H2,1-2H3,(H2,16,17,19);(H,6,7). The molecule has 1 heterocycles. The number of aromatic amines is 1. The molecule has 1 atom stereocenters. The molecule has 0 amide bonds. The minimum atomic E-state index is -5.08. The molecule has 2 aromatic rings. The summed E-state index contributed by atoms with van der Waals surface area (Å²) >= 11 is 0. The molecule has 1 aromatic carbocycles. The van der Waals surface area contributed by atoms with Crippen LogP contribution in [-0.2, 0) is 4.79 Å². The zero-order chi connectivity index (χ0) is 19.9.